The van der Waals surface area contributed by atoms with Crippen molar-refractivity contribution in [2.24, 2.45) is 0 Å². The fourth-order valence-corrected chi connectivity index (χ4v) is 5.12. The van der Waals surface area contributed by atoms with Crippen LogP contribution in [-0.2, 0) is 14.6 Å². The second kappa shape index (κ2) is 6.37. The van der Waals surface area contributed by atoms with Gasteiger partial charge in [0, 0.05) is 0 Å². The van der Waals surface area contributed by atoms with Gasteiger partial charge in [-0.25, -0.2) is 8.42 Å². The van der Waals surface area contributed by atoms with Crippen molar-refractivity contribution in [3.8, 4) is 0 Å². The van der Waals surface area contributed by atoms with Crippen molar-refractivity contribution in [1.82, 2.24) is 5.32 Å². The molecule has 1 aliphatic heterocycles. The number of rotatable bonds is 4. The summed E-state index contributed by atoms with van der Waals surface area (Å²) in [5.74, 6) is -1.03. The van der Waals surface area contributed by atoms with Crippen molar-refractivity contribution in [2.75, 3.05) is 0 Å². The molecule has 2 unspecified atom stereocenters. The Morgan fingerprint density at radius 1 is 1.12 bits per heavy atom. The van der Waals surface area contributed by atoms with E-state index in [1.165, 1.54) is 0 Å². The molecule has 0 radical (unpaired) electrons. The number of carboxylic acid groups (broad SMARTS) is 1. The number of hydrogen-bond donors (Lipinski definition) is 2. The molecule has 0 saturated carbocycles. The van der Waals surface area contributed by atoms with Gasteiger partial charge in [0.1, 0.15) is 6.04 Å². The lowest BCUT2D eigenvalue weighted by molar-refractivity contribution is -0.139. The van der Waals surface area contributed by atoms with E-state index in [1.54, 1.807) is 30.3 Å². The Balaban J connectivity index is 2.04. The van der Waals surface area contributed by atoms with Gasteiger partial charge in [-0.2, -0.15) is 0 Å². The van der Waals surface area contributed by atoms with Gasteiger partial charge in [0.25, 0.3) is 0 Å². The standard InChI is InChI=1S/C18H19NO4S/c1-12-6-5-7-13(10-12)17-16(11-15(19-17)18(20)21)24(22,23)14-8-3-2-4-9-14/h2-10,15-17,19H,11H2,1H3,(H,20,21)/t15-,16?,17?/m0/s1. The predicted octanol–water partition coefficient (Wildman–Crippen LogP) is 2.33. The zero-order valence-corrected chi connectivity index (χ0v) is 14.0. The maximum absolute atomic E-state index is 13.0. The fourth-order valence-electron chi connectivity index (χ4n) is 3.20. The van der Waals surface area contributed by atoms with E-state index in [-0.39, 0.29) is 11.3 Å². The number of hydrogen-bond acceptors (Lipinski definition) is 4. The van der Waals surface area contributed by atoms with Gasteiger partial charge in [-0.1, -0.05) is 48.0 Å². The Bertz CT molecular complexity index is 848. The Labute approximate surface area is 141 Å². The van der Waals surface area contributed by atoms with E-state index in [9.17, 15) is 18.3 Å². The first-order chi connectivity index (χ1) is 11.4. The average Bonchev–Trinajstić information content (AvgIpc) is 3.02. The van der Waals surface area contributed by atoms with Crippen LogP contribution in [0.1, 0.15) is 23.6 Å². The van der Waals surface area contributed by atoms with Crippen LogP contribution in [-0.4, -0.2) is 30.8 Å². The summed E-state index contributed by atoms with van der Waals surface area (Å²) in [6.45, 7) is 1.92. The van der Waals surface area contributed by atoms with Gasteiger partial charge in [0.15, 0.2) is 9.84 Å². The molecule has 24 heavy (non-hydrogen) atoms. The van der Waals surface area contributed by atoms with E-state index in [0.717, 1.165) is 11.1 Å². The van der Waals surface area contributed by atoms with Gasteiger partial charge in [0.05, 0.1) is 16.2 Å². The highest BCUT2D eigenvalue weighted by Gasteiger charge is 2.45. The van der Waals surface area contributed by atoms with Crippen LogP contribution in [0.5, 0.6) is 0 Å². The lowest BCUT2D eigenvalue weighted by Crippen LogP contribution is -2.32. The summed E-state index contributed by atoms with van der Waals surface area (Å²) in [4.78, 5) is 11.6. The largest absolute Gasteiger partial charge is 0.480 e. The molecule has 3 rings (SSSR count). The number of carbonyl (C=O) groups is 1. The first-order valence-corrected chi connectivity index (χ1v) is 9.28. The Morgan fingerprint density at radius 3 is 2.46 bits per heavy atom. The van der Waals surface area contributed by atoms with Gasteiger partial charge in [-0.3, -0.25) is 10.1 Å². The predicted molar refractivity (Wildman–Crippen MR) is 90.5 cm³/mol. The summed E-state index contributed by atoms with van der Waals surface area (Å²) in [5, 5.41) is 11.5. The molecule has 0 aliphatic carbocycles. The molecule has 6 heteroatoms. The summed E-state index contributed by atoms with van der Waals surface area (Å²) < 4.78 is 26.1. The normalized spacial score (nSPS) is 24.0. The second-order valence-corrected chi connectivity index (χ2v) is 8.25. The molecule has 3 atom stereocenters. The minimum absolute atomic E-state index is 0.0468. The first-order valence-electron chi connectivity index (χ1n) is 7.74. The molecule has 2 N–H and O–H groups in total. The van der Waals surface area contributed by atoms with E-state index >= 15 is 0 Å². The number of nitrogens with one attached hydrogen (secondary N) is 1. The molecule has 1 fully saturated rings. The third kappa shape index (κ3) is 3.07. The quantitative estimate of drug-likeness (QED) is 0.888. The van der Waals surface area contributed by atoms with Gasteiger partial charge in [-0.15, -0.1) is 0 Å². The molecular formula is C18H19NO4S. The molecule has 2 aromatic rings. The minimum Gasteiger partial charge on any atom is -0.480 e. The van der Waals surface area contributed by atoms with Crippen LogP contribution in [0.4, 0.5) is 0 Å². The third-order valence-corrected chi connectivity index (χ3v) is 6.58. The van der Waals surface area contributed by atoms with Crippen molar-refractivity contribution in [1.29, 1.82) is 0 Å². The first kappa shape index (κ1) is 16.7. The van der Waals surface area contributed by atoms with E-state index in [0.29, 0.717) is 0 Å². The van der Waals surface area contributed by atoms with E-state index in [4.69, 9.17) is 0 Å². The van der Waals surface area contributed by atoms with Gasteiger partial charge >= 0.3 is 5.97 Å². The number of aryl methyl sites for hydroxylation is 1. The average molecular weight is 345 g/mol. The van der Waals surface area contributed by atoms with Crippen LogP contribution in [0, 0.1) is 6.92 Å². The Kier molecular flexibility index (Phi) is 4.43. The molecule has 0 bridgehead atoms. The lowest BCUT2D eigenvalue weighted by atomic mass is 10.0. The fraction of sp³-hybridized carbons (Fsp3) is 0.278. The van der Waals surface area contributed by atoms with Crippen LogP contribution >= 0.6 is 0 Å². The summed E-state index contributed by atoms with van der Waals surface area (Å²) in [6.07, 6.45) is 0.0468. The smallest absolute Gasteiger partial charge is 0.320 e. The van der Waals surface area contributed by atoms with E-state index in [2.05, 4.69) is 5.32 Å². The zero-order chi connectivity index (χ0) is 17.3. The number of aliphatic carboxylic acids is 1. The number of carboxylic acids is 1. The van der Waals surface area contributed by atoms with Crippen LogP contribution in [0.25, 0.3) is 0 Å². The number of sulfone groups is 1. The summed E-state index contributed by atoms with van der Waals surface area (Å²) in [6, 6.07) is 14.3. The van der Waals surface area contributed by atoms with Crippen molar-refractivity contribution in [3.05, 3.63) is 65.7 Å². The molecule has 0 aromatic heterocycles. The van der Waals surface area contributed by atoms with Crippen molar-refractivity contribution >= 4 is 15.8 Å². The van der Waals surface area contributed by atoms with Gasteiger partial charge < -0.3 is 5.11 Å². The molecule has 126 valence electrons. The van der Waals surface area contributed by atoms with E-state index < -0.39 is 33.1 Å². The Morgan fingerprint density at radius 2 is 1.83 bits per heavy atom. The maximum Gasteiger partial charge on any atom is 0.320 e. The van der Waals surface area contributed by atoms with Gasteiger partial charge in [0.2, 0.25) is 0 Å². The minimum atomic E-state index is -3.64. The third-order valence-electron chi connectivity index (χ3n) is 4.39. The van der Waals surface area contributed by atoms with Gasteiger partial charge in [-0.05, 0) is 31.0 Å². The second-order valence-electron chi connectivity index (χ2n) is 6.08. The van der Waals surface area contributed by atoms with Crippen molar-refractivity contribution < 1.29 is 18.3 Å². The molecule has 1 aliphatic rings. The number of benzene rings is 2. The monoisotopic (exact) mass is 345 g/mol. The molecule has 0 spiro atoms. The molecule has 1 saturated heterocycles. The summed E-state index contributed by atoms with van der Waals surface area (Å²) in [7, 11) is -3.64. The SMILES string of the molecule is Cc1cccc(C2N[C@H](C(=O)O)CC2S(=O)(=O)c2ccccc2)c1. The summed E-state index contributed by atoms with van der Waals surface area (Å²) in [5.41, 5.74) is 1.80. The zero-order valence-electron chi connectivity index (χ0n) is 13.2. The topological polar surface area (TPSA) is 83.5 Å². The summed E-state index contributed by atoms with van der Waals surface area (Å²) >= 11 is 0. The molecule has 2 aromatic carbocycles. The molecular weight excluding hydrogens is 326 g/mol. The highest BCUT2D eigenvalue weighted by Crippen LogP contribution is 2.35. The van der Waals surface area contributed by atoms with Crippen molar-refractivity contribution in [3.63, 3.8) is 0 Å². The molecule has 1 heterocycles. The molecule has 0 amide bonds. The Hall–Kier alpha value is -2.18. The maximum atomic E-state index is 13.0. The van der Waals surface area contributed by atoms with Crippen LogP contribution in [0.2, 0.25) is 0 Å². The lowest BCUT2D eigenvalue weighted by Gasteiger charge is -2.20. The highest BCUT2D eigenvalue weighted by molar-refractivity contribution is 7.92. The molecule has 5 nitrogen and oxygen atoms in total. The van der Waals surface area contributed by atoms with E-state index in [1.807, 2.05) is 31.2 Å². The van der Waals surface area contributed by atoms with Crippen LogP contribution < -0.4 is 5.32 Å². The van der Waals surface area contributed by atoms with Crippen LogP contribution in [0.3, 0.4) is 0 Å². The van der Waals surface area contributed by atoms with Crippen LogP contribution in [0.15, 0.2) is 59.5 Å². The van der Waals surface area contributed by atoms with Crippen molar-refractivity contribution in [2.45, 2.75) is 35.6 Å². The highest BCUT2D eigenvalue weighted by atomic mass is 32.2.